The Kier molecular flexibility index (Phi) is 5.41. The fourth-order valence-corrected chi connectivity index (χ4v) is 8.10. The van der Waals surface area contributed by atoms with Crippen molar-refractivity contribution in [3.63, 3.8) is 0 Å². The zero-order chi connectivity index (χ0) is 31.1. The number of nitrogens with zero attached hydrogens (tertiary/aromatic N) is 1. The van der Waals surface area contributed by atoms with Crippen molar-refractivity contribution in [2.45, 2.75) is 12.3 Å². The molecule has 0 atom stereocenters. The molecule has 222 valence electrons. The first-order valence-corrected chi connectivity index (χ1v) is 16.1. The summed E-state index contributed by atoms with van der Waals surface area (Å²) in [5, 5.41) is 0. The maximum Gasteiger partial charge on any atom is 0.194 e. The lowest BCUT2D eigenvalue weighted by molar-refractivity contribution is 0.361. The van der Waals surface area contributed by atoms with Crippen LogP contribution >= 0.6 is 0 Å². The molecule has 0 aromatic heterocycles. The first kappa shape index (κ1) is 26.2. The van der Waals surface area contributed by atoms with Crippen molar-refractivity contribution in [2.24, 2.45) is 0 Å². The minimum absolute atomic E-state index is 0.449. The Labute approximate surface area is 273 Å². The molecule has 0 saturated carbocycles. The average molecular weight is 604 g/mol. The molecule has 0 unspecified atom stereocenters. The molecule has 7 aromatic rings. The Morgan fingerprint density at radius 3 is 1.70 bits per heavy atom. The van der Waals surface area contributed by atoms with E-state index in [4.69, 9.17) is 9.47 Å². The number of hydrogen-bond acceptors (Lipinski definition) is 3. The Bertz CT molecular complexity index is 2330. The summed E-state index contributed by atoms with van der Waals surface area (Å²) in [7, 11) is 0. The number of aryl methyl sites for hydroxylation is 1. The summed E-state index contributed by atoms with van der Waals surface area (Å²) >= 11 is 0. The van der Waals surface area contributed by atoms with Crippen LogP contribution in [0.3, 0.4) is 0 Å². The van der Waals surface area contributed by atoms with Gasteiger partial charge in [0.1, 0.15) is 0 Å². The molecule has 3 heteroatoms. The van der Waals surface area contributed by atoms with E-state index < -0.39 is 5.41 Å². The smallest absolute Gasteiger partial charge is 0.194 e. The maximum atomic E-state index is 7.17. The molecule has 0 saturated heterocycles. The normalized spacial score (nSPS) is 13.7. The van der Waals surface area contributed by atoms with Crippen LogP contribution in [0.2, 0.25) is 0 Å². The summed E-state index contributed by atoms with van der Waals surface area (Å²) in [5.41, 5.74) is 13.7. The van der Waals surface area contributed by atoms with Gasteiger partial charge in [-0.3, -0.25) is 0 Å². The zero-order valence-corrected chi connectivity index (χ0v) is 25.8. The number of ether oxygens (including phenoxy) is 2. The third-order valence-electron chi connectivity index (χ3n) is 10.0. The fraction of sp³-hybridized carbons (Fsp3) is 0.0455. The van der Waals surface area contributed by atoms with Gasteiger partial charge in [0.25, 0.3) is 0 Å². The molecule has 1 heterocycles. The van der Waals surface area contributed by atoms with Gasteiger partial charge in [0.05, 0.1) is 11.1 Å². The van der Waals surface area contributed by atoms with E-state index in [9.17, 15) is 0 Å². The molecular weight excluding hydrogens is 574 g/mol. The molecule has 3 aliphatic rings. The highest BCUT2D eigenvalue weighted by atomic mass is 16.6. The SMILES string of the molecule is Cc1ccc(N(c2ccccc2)c2cccc3c2Oc2c(ccc4c2-c2ccccc2C42c4ccccc4-c4ccccc42)O3)cc1. The van der Waals surface area contributed by atoms with Crippen molar-refractivity contribution in [3.05, 3.63) is 186 Å². The van der Waals surface area contributed by atoms with E-state index in [1.165, 1.54) is 44.5 Å². The van der Waals surface area contributed by atoms with Crippen LogP contribution in [0, 0.1) is 6.92 Å². The predicted molar refractivity (Wildman–Crippen MR) is 189 cm³/mol. The summed E-state index contributed by atoms with van der Waals surface area (Å²) in [6, 6.07) is 56.1. The summed E-state index contributed by atoms with van der Waals surface area (Å²) in [5.74, 6) is 2.87. The minimum Gasteiger partial charge on any atom is -0.449 e. The number of rotatable bonds is 3. The quantitative estimate of drug-likeness (QED) is 0.201. The first-order chi connectivity index (χ1) is 23.2. The standard InChI is InChI=1S/C44H29NO2/c1-28-22-24-30(25-23-28)45(29-12-3-2-4-13-29)38-20-11-21-39-42(38)47-43-40(46-39)27-26-37-41(43)33-16-7-10-19-36(33)44(37)34-17-8-5-14-31(34)32-15-6-9-18-35(32)44/h2-27H,1H3. The largest absolute Gasteiger partial charge is 0.449 e. The van der Waals surface area contributed by atoms with E-state index in [0.29, 0.717) is 11.5 Å². The number of hydrogen-bond donors (Lipinski definition) is 0. The van der Waals surface area contributed by atoms with Gasteiger partial charge >= 0.3 is 0 Å². The summed E-state index contributed by atoms with van der Waals surface area (Å²) < 4.78 is 13.9. The lowest BCUT2D eigenvalue weighted by Crippen LogP contribution is -2.25. The topological polar surface area (TPSA) is 21.7 Å². The second kappa shape index (κ2) is 9.72. The van der Waals surface area contributed by atoms with Gasteiger partial charge in [0.2, 0.25) is 0 Å². The molecule has 0 amide bonds. The van der Waals surface area contributed by atoms with E-state index >= 15 is 0 Å². The van der Waals surface area contributed by atoms with Gasteiger partial charge in [-0.25, -0.2) is 0 Å². The molecule has 0 fully saturated rings. The van der Waals surface area contributed by atoms with Crippen molar-refractivity contribution in [3.8, 4) is 45.3 Å². The summed E-state index contributed by atoms with van der Waals surface area (Å²) in [6.07, 6.45) is 0. The number of anilines is 3. The van der Waals surface area contributed by atoms with Crippen molar-refractivity contribution < 1.29 is 9.47 Å². The third kappa shape index (κ3) is 3.51. The van der Waals surface area contributed by atoms with Crippen LogP contribution in [-0.4, -0.2) is 0 Å². The van der Waals surface area contributed by atoms with Crippen LogP contribution in [0.1, 0.15) is 27.8 Å². The second-order valence-corrected chi connectivity index (χ2v) is 12.5. The highest BCUT2D eigenvalue weighted by molar-refractivity contribution is 5.98. The van der Waals surface area contributed by atoms with Gasteiger partial charge in [-0.2, -0.15) is 0 Å². The molecule has 2 aliphatic carbocycles. The highest BCUT2D eigenvalue weighted by Gasteiger charge is 2.53. The van der Waals surface area contributed by atoms with Crippen LogP contribution < -0.4 is 14.4 Å². The third-order valence-corrected chi connectivity index (χ3v) is 10.0. The van der Waals surface area contributed by atoms with E-state index in [1.54, 1.807) is 0 Å². The summed E-state index contributed by atoms with van der Waals surface area (Å²) in [4.78, 5) is 2.24. The van der Waals surface area contributed by atoms with Gasteiger partial charge in [0, 0.05) is 16.9 Å². The van der Waals surface area contributed by atoms with Gasteiger partial charge in [-0.1, -0.05) is 121 Å². The van der Waals surface area contributed by atoms with E-state index in [1.807, 2.05) is 18.2 Å². The molecule has 47 heavy (non-hydrogen) atoms. The molecule has 3 nitrogen and oxygen atoms in total. The fourth-order valence-electron chi connectivity index (χ4n) is 8.10. The van der Waals surface area contributed by atoms with Crippen molar-refractivity contribution >= 4 is 17.1 Å². The van der Waals surface area contributed by atoms with E-state index in [2.05, 4.69) is 151 Å². The lowest BCUT2D eigenvalue weighted by Gasteiger charge is -2.32. The Balaban J connectivity index is 1.21. The Morgan fingerprint density at radius 2 is 1.00 bits per heavy atom. The molecule has 0 bridgehead atoms. The van der Waals surface area contributed by atoms with Crippen molar-refractivity contribution in [1.82, 2.24) is 0 Å². The predicted octanol–water partition coefficient (Wildman–Crippen LogP) is 11.7. The molecule has 0 radical (unpaired) electrons. The van der Waals surface area contributed by atoms with Gasteiger partial charge in [-0.15, -0.1) is 0 Å². The highest BCUT2D eigenvalue weighted by Crippen LogP contribution is 2.66. The molecule has 10 rings (SSSR count). The van der Waals surface area contributed by atoms with Gasteiger partial charge in [0.15, 0.2) is 23.0 Å². The zero-order valence-electron chi connectivity index (χ0n) is 25.8. The van der Waals surface area contributed by atoms with Crippen LogP contribution in [0.5, 0.6) is 23.0 Å². The van der Waals surface area contributed by atoms with E-state index in [0.717, 1.165) is 34.1 Å². The monoisotopic (exact) mass is 603 g/mol. The first-order valence-electron chi connectivity index (χ1n) is 16.1. The second-order valence-electron chi connectivity index (χ2n) is 12.5. The average Bonchev–Trinajstić information content (AvgIpc) is 3.60. The number of para-hydroxylation sites is 2. The van der Waals surface area contributed by atoms with Crippen LogP contribution in [-0.2, 0) is 5.41 Å². The van der Waals surface area contributed by atoms with Crippen molar-refractivity contribution in [2.75, 3.05) is 4.90 Å². The Morgan fingerprint density at radius 1 is 0.426 bits per heavy atom. The van der Waals surface area contributed by atoms with E-state index in [-0.39, 0.29) is 0 Å². The molecule has 7 aromatic carbocycles. The molecular formula is C44H29NO2. The molecule has 1 aliphatic heterocycles. The van der Waals surface area contributed by atoms with Crippen LogP contribution in [0.4, 0.5) is 17.1 Å². The number of benzene rings is 7. The van der Waals surface area contributed by atoms with Gasteiger partial charge in [-0.05, 0) is 88.3 Å². The van der Waals surface area contributed by atoms with Gasteiger partial charge < -0.3 is 14.4 Å². The molecule has 0 N–H and O–H groups in total. The number of fused-ring (bicyclic) bond motifs is 13. The van der Waals surface area contributed by atoms with Crippen LogP contribution in [0.25, 0.3) is 22.3 Å². The van der Waals surface area contributed by atoms with Crippen molar-refractivity contribution in [1.29, 1.82) is 0 Å². The van der Waals surface area contributed by atoms with Crippen LogP contribution in [0.15, 0.2) is 158 Å². The lowest BCUT2D eigenvalue weighted by atomic mass is 9.70. The summed E-state index contributed by atoms with van der Waals surface area (Å²) in [6.45, 7) is 2.11. The minimum atomic E-state index is -0.449. The maximum absolute atomic E-state index is 7.17. The Hall–Kier alpha value is -6.06. The molecule has 1 spiro atoms.